The first-order valence-corrected chi connectivity index (χ1v) is 10.4. The Hall–Kier alpha value is -1.81. The number of nitrogens with one attached hydrogen (secondary N) is 2. The minimum Gasteiger partial charge on any atom is -0.412 e. The molecule has 132 valence electrons. The molecule has 2 fully saturated rings. The molecule has 2 aromatic carbocycles. The Morgan fingerprint density at radius 1 is 0.920 bits per heavy atom. The highest BCUT2D eigenvalue weighted by molar-refractivity contribution is 7.52. The van der Waals surface area contributed by atoms with Crippen LogP contribution in [0.15, 0.2) is 60.7 Å². The van der Waals surface area contributed by atoms with Gasteiger partial charge in [0.1, 0.15) is 5.75 Å². The molecule has 5 nitrogen and oxygen atoms in total. The van der Waals surface area contributed by atoms with E-state index in [1.54, 1.807) is 12.1 Å². The summed E-state index contributed by atoms with van der Waals surface area (Å²) >= 11 is 0. The van der Waals surface area contributed by atoms with Gasteiger partial charge in [-0.1, -0.05) is 36.4 Å². The third kappa shape index (κ3) is 4.06. The van der Waals surface area contributed by atoms with Gasteiger partial charge in [-0.3, -0.25) is 4.52 Å². The Labute approximate surface area is 148 Å². The summed E-state index contributed by atoms with van der Waals surface area (Å²) in [6.07, 6.45) is 4.58. The van der Waals surface area contributed by atoms with Crippen molar-refractivity contribution in [1.29, 1.82) is 0 Å². The molecule has 6 heteroatoms. The molecule has 2 aromatic rings. The van der Waals surface area contributed by atoms with Crippen molar-refractivity contribution < 1.29 is 13.6 Å². The lowest BCUT2D eigenvalue weighted by Gasteiger charge is -2.28. The standard InChI is InChI=1S/C19H23N2O3P/c22-25(23-18-9-5-2-6-10-18,21-20-17-7-3-1-4-8-17)24-19-14-15-11-12-16(19)13-15/h1-10,15-16,19-20H,11-14H2,(H,21,22)/t15-,16+,19-,25?/m1/s1. The van der Waals surface area contributed by atoms with Crippen LogP contribution in [0.4, 0.5) is 5.69 Å². The molecule has 2 aliphatic rings. The van der Waals surface area contributed by atoms with Crippen LogP contribution in [0.3, 0.4) is 0 Å². The van der Waals surface area contributed by atoms with Crippen molar-refractivity contribution in [2.24, 2.45) is 11.8 Å². The second-order valence-corrected chi connectivity index (χ2v) is 8.44. The third-order valence-electron chi connectivity index (χ3n) is 5.03. The summed E-state index contributed by atoms with van der Waals surface area (Å²) in [5.41, 5.74) is 3.76. The van der Waals surface area contributed by atoms with Crippen LogP contribution < -0.4 is 15.1 Å². The van der Waals surface area contributed by atoms with Crippen molar-refractivity contribution in [3.63, 3.8) is 0 Å². The van der Waals surface area contributed by atoms with E-state index in [9.17, 15) is 4.57 Å². The Morgan fingerprint density at radius 3 is 2.28 bits per heavy atom. The lowest BCUT2D eigenvalue weighted by Crippen LogP contribution is -2.28. The second kappa shape index (κ2) is 7.20. The number of rotatable bonds is 7. The van der Waals surface area contributed by atoms with Gasteiger partial charge in [0, 0.05) is 5.69 Å². The van der Waals surface area contributed by atoms with Gasteiger partial charge in [-0.15, -0.1) is 5.20 Å². The van der Waals surface area contributed by atoms with E-state index in [1.165, 1.54) is 12.8 Å². The smallest absolute Gasteiger partial charge is 0.412 e. The van der Waals surface area contributed by atoms with E-state index in [-0.39, 0.29) is 6.10 Å². The number of fused-ring (bicyclic) bond motifs is 2. The Bertz CT molecular complexity index is 741. The van der Waals surface area contributed by atoms with E-state index in [0.717, 1.165) is 18.5 Å². The number of hydrazine groups is 1. The first-order chi connectivity index (χ1) is 12.2. The van der Waals surface area contributed by atoms with Gasteiger partial charge in [-0.05, 0) is 61.8 Å². The molecule has 1 unspecified atom stereocenters. The molecule has 0 spiro atoms. The van der Waals surface area contributed by atoms with Crippen LogP contribution in [0.1, 0.15) is 25.7 Å². The molecule has 0 amide bonds. The van der Waals surface area contributed by atoms with E-state index in [2.05, 4.69) is 10.6 Å². The Balaban J connectivity index is 1.48. The van der Waals surface area contributed by atoms with Gasteiger partial charge in [-0.2, -0.15) is 0 Å². The van der Waals surface area contributed by atoms with E-state index in [1.807, 2.05) is 48.5 Å². The van der Waals surface area contributed by atoms with Crippen molar-refractivity contribution in [3.05, 3.63) is 60.7 Å². The van der Waals surface area contributed by atoms with E-state index in [0.29, 0.717) is 17.6 Å². The van der Waals surface area contributed by atoms with Gasteiger partial charge < -0.3 is 9.95 Å². The molecule has 2 bridgehead atoms. The fourth-order valence-electron chi connectivity index (χ4n) is 3.84. The van der Waals surface area contributed by atoms with Gasteiger partial charge in [0.25, 0.3) is 0 Å². The third-order valence-corrected chi connectivity index (χ3v) is 6.41. The minimum absolute atomic E-state index is 0.00151. The molecular weight excluding hydrogens is 335 g/mol. The van der Waals surface area contributed by atoms with Gasteiger partial charge in [0.2, 0.25) is 0 Å². The fraction of sp³-hybridized carbons (Fsp3) is 0.368. The first kappa shape index (κ1) is 16.6. The van der Waals surface area contributed by atoms with E-state index < -0.39 is 7.75 Å². The highest BCUT2D eigenvalue weighted by atomic mass is 31.2. The molecular formula is C19H23N2O3P. The van der Waals surface area contributed by atoms with E-state index >= 15 is 0 Å². The molecule has 0 aliphatic heterocycles. The van der Waals surface area contributed by atoms with Crippen LogP contribution in [0, 0.1) is 11.8 Å². The van der Waals surface area contributed by atoms with Crippen molar-refractivity contribution in [3.8, 4) is 5.75 Å². The minimum atomic E-state index is -3.55. The molecule has 4 atom stereocenters. The van der Waals surface area contributed by atoms with Crippen LogP contribution in [0.25, 0.3) is 0 Å². The summed E-state index contributed by atoms with van der Waals surface area (Å²) < 4.78 is 25.1. The summed E-state index contributed by atoms with van der Waals surface area (Å²) in [6.45, 7) is 0. The number of anilines is 1. The summed E-state index contributed by atoms with van der Waals surface area (Å²) in [6, 6.07) is 18.7. The maximum Gasteiger partial charge on any atom is 0.476 e. The largest absolute Gasteiger partial charge is 0.476 e. The molecule has 2 N–H and O–H groups in total. The number of para-hydroxylation sites is 2. The number of hydrogen-bond donors (Lipinski definition) is 2. The molecule has 0 radical (unpaired) electrons. The van der Waals surface area contributed by atoms with Crippen molar-refractivity contribution in [2.75, 3.05) is 5.43 Å². The molecule has 0 saturated heterocycles. The van der Waals surface area contributed by atoms with Gasteiger partial charge in [-0.25, -0.2) is 4.57 Å². The van der Waals surface area contributed by atoms with Crippen molar-refractivity contribution in [1.82, 2.24) is 5.20 Å². The van der Waals surface area contributed by atoms with Crippen LogP contribution in [-0.4, -0.2) is 6.10 Å². The molecule has 2 saturated carbocycles. The molecule has 25 heavy (non-hydrogen) atoms. The first-order valence-electron chi connectivity index (χ1n) is 8.82. The lowest BCUT2D eigenvalue weighted by molar-refractivity contribution is 0.120. The van der Waals surface area contributed by atoms with Gasteiger partial charge in [0.05, 0.1) is 6.10 Å². The van der Waals surface area contributed by atoms with Crippen molar-refractivity contribution >= 4 is 13.4 Å². The number of benzene rings is 2. The maximum absolute atomic E-state index is 13.4. The average molecular weight is 358 g/mol. The summed E-state index contributed by atoms with van der Waals surface area (Å²) in [5, 5.41) is 2.81. The molecule has 2 aliphatic carbocycles. The summed E-state index contributed by atoms with van der Waals surface area (Å²) in [5.74, 6) is 1.73. The lowest BCUT2D eigenvalue weighted by atomic mass is 9.98. The van der Waals surface area contributed by atoms with Gasteiger partial charge >= 0.3 is 7.75 Å². The topological polar surface area (TPSA) is 59.6 Å². The fourth-order valence-corrected chi connectivity index (χ4v) is 5.26. The SMILES string of the molecule is O=P(NNc1ccccc1)(Oc1ccccc1)O[C@@H]1C[C@@H]2CC[C@H]1C2. The molecule has 0 heterocycles. The normalized spacial score (nSPS) is 27.0. The van der Waals surface area contributed by atoms with Crippen LogP contribution >= 0.6 is 7.75 Å². The Kier molecular flexibility index (Phi) is 4.80. The zero-order chi connectivity index (χ0) is 17.1. The molecule has 4 rings (SSSR count). The number of hydrogen-bond acceptors (Lipinski definition) is 4. The molecule has 0 aromatic heterocycles. The summed E-state index contributed by atoms with van der Waals surface area (Å²) in [4.78, 5) is 0. The second-order valence-electron chi connectivity index (χ2n) is 6.82. The van der Waals surface area contributed by atoms with Crippen LogP contribution in [-0.2, 0) is 9.09 Å². The predicted octanol–water partition coefficient (Wildman–Crippen LogP) is 5.00. The highest BCUT2D eigenvalue weighted by Crippen LogP contribution is 2.53. The zero-order valence-corrected chi connectivity index (χ0v) is 14.9. The van der Waals surface area contributed by atoms with E-state index in [4.69, 9.17) is 9.05 Å². The van der Waals surface area contributed by atoms with Crippen LogP contribution in [0.2, 0.25) is 0 Å². The zero-order valence-electron chi connectivity index (χ0n) is 14.0. The quantitative estimate of drug-likeness (QED) is 0.539. The highest BCUT2D eigenvalue weighted by Gasteiger charge is 2.44. The monoisotopic (exact) mass is 358 g/mol. The van der Waals surface area contributed by atoms with Crippen LogP contribution in [0.5, 0.6) is 5.75 Å². The average Bonchev–Trinajstić information content (AvgIpc) is 3.25. The maximum atomic E-state index is 13.4. The van der Waals surface area contributed by atoms with Crippen molar-refractivity contribution in [2.45, 2.75) is 31.8 Å². The summed E-state index contributed by atoms with van der Waals surface area (Å²) in [7, 11) is -3.55. The predicted molar refractivity (Wildman–Crippen MR) is 98.2 cm³/mol. The van der Waals surface area contributed by atoms with Gasteiger partial charge in [0.15, 0.2) is 0 Å². The Morgan fingerprint density at radius 2 is 1.64 bits per heavy atom.